The van der Waals surface area contributed by atoms with E-state index in [1.54, 1.807) is 0 Å². The fourth-order valence-electron chi connectivity index (χ4n) is 1.88. The van der Waals surface area contributed by atoms with Crippen molar-refractivity contribution >= 4 is 39.2 Å². The number of hydrogen-bond donors (Lipinski definition) is 1. The minimum Gasteiger partial charge on any atom is -0.461 e. The van der Waals surface area contributed by atoms with E-state index in [4.69, 9.17) is 27.9 Å². The normalized spacial score (nSPS) is 11.3. The van der Waals surface area contributed by atoms with Gasteiger partial charge in [0, 0.05) is 17.1 Å². The van der Waals surface area contributed by atoms with Crippen molar-refractivity contribution < 1.29 is 22.3 Å². The highest BCUT2D eigenvalue weighted by Crippen LogP contribution is 2.20. The monoisotopic (exact) mass is 405 g/mol. The molecule has 2 rings (SSSR count). The molecule has 0 fully saturated rings. The number of carbonyl (C=O) groups is 1. The van der Waals surface area contributed by atoms with Crippen LogP contribution in [0.25, 0.3) is 0 Å². The average Bonchev–Trinajstić information content (AvgIpc) is 2.54. The first kappa shape index (κ1) is 19.7. The van der Waals surface area contributed by atoms with E-state index in [-0.39, 0.29) is 35.1 Å². The van der Waals surface area contributed by atoms with Gasteiger partial charge in [-0.25, -0.2) is 17.5 Å². The number of esters is 1. The molecule has 134 valence electrons. The number of nitrogens with one attached hydrogen (secondary N) is 1. The Morgan fingerprint density at radius 3 is 2.44 bits per heavy atom. The highest BCUT2D eigenvalue weighted by Gasteiger charge is 2.15. The minimum absolute atomic E-state index is 0.0309. The van der Waals surface area contributed by atoms with Crippen molar-refractivity contribution in [3.63, 3.8) is 0 Å². The van der Waals surface area contributed by atoms with Gasteiger partial charge in [-0.3, -0.25) is 4.79 Å². The first-order valence-electron chi connectivity index (χ1n) is 7.13. The number of hydrogen-bond acceptors (Lipinski definition) is 4. The third-order valence-electron chi connectivity index (χ3n) is 3.18. The Kier molecular flexibility index (Phi) is 6.78. The Morgan fingerprint density at radius 1 is 1.12 bits per heavy atom. The molecule has 25 heavy (non-hydrogen) atoms. The molecular weight excluding hydrogens is 392 g/mol. The van der Waals surface area contributed by atoms with Gasteiger partial charge in [-0.2, -0.15) is 0 Å². The van der Waals surface area contributed by atoms with Gasteiger partial charge in [0.1, 0.15) is 12.4 Å². The molecule has 0 unspecified atom stereocenters. The maximum atomic E-state index is 13.5. The molecule has 0 saturated carbocycles. The highest BCUT2D eigenvalue weighted by molar-refractivity contribution is 7.89. The van der Waals surface area contributed by atoms with Crippen LogP contribution in [0.5, 0.6) is 0 Å². The van der Waals surface area contributed by atoms with Crippen molar-refractivity contribution in [3.05, 3.63) is 63.9 Å². The molecule has 0 spiro atoms. The maximum absolute atomic E-state index is 13.5. The number of sulfonamides is 1. The van der Waals surface area contributed by atoms with E-state index in [9.17, 15) is 17.6 Å². The summed E-state index contributed by atoms with van der Waals surface area (Å²) < 4.78 is 44.8. The Bertz CT molecular complexity index is 837. The molecule has 2 aromatic carbocycles. The van der Waals surface area contributed by atoms with Crippen LogP contribution in [0.3, 0.4) is 0 Å². The quantitative estimate of drug-likeness (QED) is 0.714. The van der Waals surface area contributed by atoms with Gasteiger partial charge in [0.2, 0.25) is 10.0 Å². The standard InChI is InChI=1S/C16H14Cl2FNO4S/c17-11-4-6-12(7-5-11)25(22,23)20-9-8-16(21)24-10-13-14(18)2-1-3-15(13)19/h1-7,20H,8-10H2. The molecule has 0 atom stereocenters. The molecule has 0 aromatic heterocycles. The number of carbonyl (C=O) groups excluding carboxylic acids is 1. The van der Waals surface area contributed by atoms with Gasteiger partial charge in [0.25, 0.3) is 0 Å². The Balaban J connectivity index is 1.83. The summed E-state index contributed by atoms with van der Waals surface area (Å²) in [5.74, 6) is -1.26. The van der Waals surface area contributed by atoms with Crippen LogP contribution < -0.4 is 4.72 Å². The van der Waals surface area contributed by atoms with Gasteiger partial charge < -0.3 is 4.74 Å². The molecule has 5 nitrogen and oxygen atoms in total. The van der Waals surface area contributed by atoms with E-state index in [1.807, 2.05) is 0 Å². The summed E-state index contributed by atoms with van der Waals surface area (Å²) in [6.45, 7) is -0.483. The smallest absolute Gasteiger partial charge is 0.307 e. The third-order valence-corrected chi connectivity index (χ3v) is 5.27. The van der Waals surface area contributed by atoms with E-state index < -0.39 is 21.8 Å². The Labute approximate surface area is 154 Å². The molecule has 0 aliphatic rings. The van der Waals surface area contributed by atoms with Gasteiger partial charge in [-0.05, 0) is 36.4 Å². The number of halogens is 3. The van der Waals surface area contributed by atoms with Crippen LogP contribution in [-0.4, -0.2) is 20.9 Å². The van der Waals surface area contributed by atoms with Crippen molar-refractivity contribution in [1.29, 1.82) is 0 Å². The van der Waals surface area contributed by atoms with E-state index in [2.05, 4.69) is 4.72 Å². The summed E-state index contributed by atoms with van der Waals surface area (Å²) >= 11 is 11.5. The van der Waals surface area contributed by atoms with E-state index in [1.165, 1.54) is 42.5 Å². The topological polar surface area (TPSA) is 72.5 Å². The number of ether oxygens (including phenoxy) is 1. The summed E-state index contributed by atoms with van der Waals surface area (Å²) in [6.07, 6.45) is -0.209. The molecule has 0 aliphatic heterocycles. The lowest BCUT2D eigenvalue weighted by Crippen LogP contribution is -2.26. The largest absolute Gasteiger partial charge is 0.461 e. The lowest BCUT2D eigenvalue weighted by atomic mass is 10.2. The Morgan fingerprint density at radius 2 is 1.80 bits per heavy atom. The summed E-state index contributed by atoms with van der Waals surface area (Å²) in [7, 11) is -3.75. The lowest BCUT2D eigenvalue weighted by molar-refractivity contribution is -0.144. The van der Waals surface area contributed by atoms with Crippen LogP contribution >= 0.6 is 23.2 Å². The van der Waals surface area contributed by atoms with Crippen molar-refractivity contribution in [2.45, 2.75) is 17.9 Å². The zero-order valence-electron chi connectivity index (χ0n) is 12.8. The molecule has 0 radical (unpaired) electrons. The van der Waals surface area contributed by atoms with Gasteiger partial charge in [-0.15, -0.1) is 0 Å². The zero-order chi connectivity index (χ0) is 18.4. The fraction of sp³-hybridized carbons (Fsp3) is 0.188. The molecule has 0 saturated heterocycles. The molecule has 1 N–H and O–H groups in total. The second-order valence-corrected chi connectivity index (χ2v) is 7.57. The van der Waals surface area contributed by atoms with Crippen molar-refractivity contribution in [1.82, 2.24) is 4.72 Å². The van der Waals surface area contributed by atoms with Crippen molar-refractivity contribution in [2.75, 3.05) is 6.54 Å². The molecule has 9 heteroatoms. The SMILES string of the molecule is O=C(CCNS(=O)(=O)c1ccc(Cl)cc1)OCc1c(F)cccc1Cl. The third kappa shape index (κ3) is 5.67. The molecule has 2 aromatic rings. The molecule has 0 aliphatic carbocycles. The number of benzene rings is 2. The molecular formula is C16H14Cl2FNO4S. The van der Waals surface area contributed by atoms with Crippen molar-refractivity contribution in [3.8, 4) is 0 Å². The summed E-state index contributed by atoms with van der Waals surface area (Å²) in [6, 6.07) is 9.72. The maximum Gasteiger partial charge on any atom is 0.307 e. The van der Waals surface area contributed by atoms with Gasteiger partial charge in [0.05, 0.1) is 16.3 Å². The van der Waals surface area contributed by atoms with Crippen LogP contribution in [0.4, 0.5) is 4.39 Å². The van der Waals surface area contributed by atoms with Crippen LogP contribution in [0.1, 0.15) is 12.0 Å². The molecule has 0 heterocycles. The number of rotatable bonds is 7. The van der Waals surface area contributed by atoms with Gasteiger partial charge in [-0.1, -0.05) is 29.3 Å². The van der Waals surface area contributed by atoms with E-state index in [0.717, 1.165) is 0 Å². The minimum atomic E-state index is -3.75. The summed E-state index contributed by atoms with van der Waals surface area (Å²) in [5.41, 5.74) is 0.0688. The van der Waals surface area contributed by atoms with E-state index in [0.29, 0.717) is 5.02 Å². The van der Waals surface area contributed by atoms with Gasteiger partial charge in [0.15, 0.2) is 0 Å². The van der Waals surface area contributed by atoms with Crippen LogP contribution in [0.2, 0.25) is 10.0 Å². The predicted molar refractivity (Wildman–Crippen MR) is 92.5 cm³/mol. The molecule has 0 amide bonds. The van der Waals surface area contributed by atoms with Gasteiger partial charge >= 0.3 is 5.97 Å². The molecule has 0 bridgehead atoms. The lowest BCUT2D eigenvalue weighted by Gasteiger charge is -2.09. The predicted octanol–water partition coefficient (Wildman–Crippen LogP) is 3.54. The summed E-state index contributed by atoms with van der Waals surface area (Å²) in [4.78, 5) is 11.7. The van der Waals surface area contributed by atoms with Crippen LogP contribution in [0, 0.1) is 5.82 Å². The zero-order valence-corrected chi connectivity index (χ0v) is 15.2. The first-order chi connectivity index (χ1) is 11.8. The van der Waals surface area contributed by atoms with Crippen molar-refractivity contribution in [2.24, 2.45) is 0 Å². The average molecular weight is 406 g/mol. The first-order valence-corrected chi connectivity index (χ1v) is 9.37. The van der Waals surface area contributed by atoms with Crippen LogP contribution in [0.15, 0.2) is 47.4 Å². The second kappa shape index (κ2) is 8.62. The second-order valence-electron chi connectivity index (χ2n) is 4.96. The van der Waals surface area contributed by atoms with Crippen LogP contribution in [-0.2, 0) is 26.2 Å². The fourth-order valence-corrected chi connectivity index (χ4v) is 3.25. The highest BCUT2D eigenvalue weighted by atomic mass is 35.5. The summed E-state index contributed by atoms with van der Waals surface area (Å²) in [5, 5.41) is 0.561. The van der Waals surface area contributed by atoms with E-state index >= 15 is 0 Å². The Hall–Kier alpha value is -1.67.